The summed E-state index contributed by atoms with van der Waals surface area (Å²) in [5, 5.41) is 7.57. The molecule has 2 fully saturated rings. The summed E-state index contributed by atoms with van der Waals surface area (Å²) in [6.45, 7) is 13.1. The SMILES string of the molecule is CCNC(=NCC(c1ccc(C)cc1)N1CCCC1)N1CCN(Cc2ccon2)CC1.I. The van der Waals surface area contributed by atoms with Gasteiger partial charge in [0, 0.05) is 45.3 Å². The van der Waals surface area contributed by atoms with Crippen LogP contribution in [0.3, 0.4) is 0 Å². The first-order valence-corrected chi connectivity index (χ1v) is 11.7. The molecule has 0 radical (unpaired) electrons. The van der Waals surface area contributed by atoms with Crippen molar-refractivity contribution in [1.29, 1.82) is 0 Å². The molecule has 2 aromatic rings. The Bertz CT molecular complexity index is 812. The molecule has 2 saturated heterocycles. The number of piperazine rings is 1. The Morgan fingerprint density at radius 3 is 2.41 bits per heavy atom. The number of aryl methyl sites for hydroxylation is 1. The molecule has 1 aromatic heterocycles. The van der Waals surface area contributed by atoms with E-state index in [-0.39, 0.29) is 24.0 Å². The van der Waals surface area contributed by atoms with Crippen LogP contribution in [-0.4, -0.2) is 78.2 Å². The van der Waals surface area contributed by atoms with Crippen LogP contribution in [0.1, 0.15) is 42.6 Å². The van der Waals surface area contributed by atoms with Crippen molar-refractivity contribution in [1.82, 2.24) is 25.2 Å². The smallest absolute Gasteiger partial charge is 0.194 e. The van der Waals surface area contributed by atoms with E-state index in [1.807, 2.05) is 6.07 Å². The topological polar surface area (TPSA) is 60.1 Å². The number of aliphatic imine (C=N–C) groups is 1. The largest absolute Gasteiger partial charge is 0.364 e. The van der Waals surface area contributed by atoms with Crippen LogP contribution in [-0.2, 0) is 6.54 Å². The van der Waals surface area contributed by atoms with Gasteiger partial charge in [-0.05, 0) is 45.3 Å². The van der Waals surface area contributed by atoms with Crippen molar-refractivity contribution in [3.8, 4) is 0 Å². The van der Waals surface area contributed by atoms with Gasteiger partial charge in [0.05, 0.1) is 18.3 Å². The van der Waals surface area contributed by atoms with Crippen LogP contribution in [0.5, 0.6) is 0 Å². The lowest BCUT2D eigenvalue weighted by molar-refractivity contribution is 0.168. The molecule has 0 saturated carbocycles. The molecule has 32 heavy (non-hydrogen) atoms. The van der Waals surface area contributed by atoms with Crippen LogP contribution in [0, 0.1) is 6.92 Å². The molecule has 1 unspecified atom stereocenters. The monoisotopic (exact) mass is 552 g/mol. The number of guanidine groups is 1. The summed E-state index contributed by atoms with van der Waals surface area (Å²) in [4.78, 5) is 12.6. The zero-order chi connectivity index (χ0) is 21.5. The number of hydrogen-bond acceptors (Lipinski definition) is 5. The molecule has 176 valence electrons. The highest BCUT2D eigenvalue weighted by atomic mass is 127. The van der Waals surface area contributed by atoms with Gasteiger partial charge in [0.1, 0.15) is 6.26 Å². The van der Waals surface area contributed by atoms with Crippen molar-refractivity contribution >= 4 is 29.9 Å². The molecule has 0 aliphatic carbocycles. The van der Waals surface area contributed by atoms with Gasteiger partial charge in [-0.2, -0.15) is 0 Å². The lowest BCUT2D eigenvalue weighted by atomic mass is 10.0. The van der Waals surface area contributed by atoms with E-state index in [2.05, 4.69) is 63.3 Å². The Labute approximate surface area is 209 Å². The van der Waals surface area contributed by atoms with E-state index >= 15 is 0 Å². The van der Waals surface area contributed by atoms with Crippen LogP contribution in [0.2, 0.25) is 0 Å². The number of likely N-dealkylation sites (tertiary alicyclic amines) is 1. The lowest BCUT2D eigenvalue weighted by Gasteiger charge is -2.36. The summed E-state index contributed by atoms with van der Waals surface area (Å²) in [6, 6.07) is 11.3. The molecule has 2 aliphatic rings. The molecular formula is C24H37IN6O. The summed E-state index contributed by atoms with van der Waals surface area (Å²) in [7, 11) is 0. The summed E-state index contributed by atoms with van der Waals surface area (Å²) in [5.41, 5.74) is 3.69. The lowest BCUT2D eigenvalue weighted by Crippen LogP contribution is -2.52. The predicted octanol–water partition coefficient (Wildman–Crippen LogP) is 3.52. The summed E-state index contributed by atoms with van der Waals surface area (Å²) < 4.78 is 4.97. The van der Waals surface area contributed by atoms with Gasteiger partial charge in [-0.3, -0.25) is 14.8 Å². The Morgan fingerprint density at radius 2 is 1.78 bits per heavy atom. The molecule has 4 rings (SSSR count). The zero-order valence-corrected chi connectivity index (χ0v) is 21.7. The average Bonchev–Trinajstić information content (AvgIpc) is 3.50. The van der Waals surface area contributed by atoms with Crippen molar-refractivity contribution in [2.45, 2.75) is 39.3 Å². The second-order valence-electron chi connectivity index (χ2n) is 8.62. The molecule has 0 amide bonds. The van der Waals surface area contributed by atoms with E-state index < -0.39 is 0 Å². The van der Waals surface area contributed by atoms with Crippen molar-refractivity contribution in [2.75, 3.05) is 52.4 Å². The minimum Gasteiger partial charge on any atom is -0.364 e. The highest BCUT2D eigenvalue weighted by Crippen LogP contribution is 2.26. The highest BCUT2D eigenvalue weighted by Gasteiger charge is 2.25. The first-order chi connectivity index (χ1) is 15.2. The van der Waals surface area contributed by atoms with Gasteiger partial charge in [-0.15, -0.1) is 24.0 Å². The van der Waals surface area contributed by atoms with Gasteiger partial charge in [-0.1, -0.05) is 35.0 Å². The molecule has 8 heteroatoms. The van der Waals surface area contributed by atoms with Crippen LogP contribution in [0.4, 0.5) is 0 Å². The Balaban J connectivity index is 0.00000289. The maximum absolute atomic E-state index is 5.13. The van der Waals surface area contributed by atoms with E-state index in [9.17, 15) is 0 Å². The predicted molar refractivity (Wildman–Crippen MR) is 139 cm³/mol. The number of nitrogens with zero attached hydrogens (tertiary/aromatic N) is 5. The standard InChI is InChI=1S/C24H36N6O.HI/c1-3-25-24(30-15-13-28(14-16-30)19-22-10-17-31-27-22)26-18-23(29-11-4-5-12-29)21-8-6-20(2)7-9-21;/h6-10,17,23H,3-5,11-16,18-19H2,1-2H3,(H,25,26);1H. The number of halogens is 1. The number of benzene rings is 1. The van der Waals surface area contributed by atoms with Crippen molar-refractivity contribution in [3.05, 3.63) is 53.4 Å². The average molecular weight is 553 g/mol. The van der Waals surface area contributed by atoms with Crippen LogP contribution in [0.25, 0.3) is 0 Å². The summed E-state index contributed by atoms with van der Waals surface area (Å²) >= 11 is 0. The van der Waals surface area contributed by atoms with Crippen molar-refractivity contribution in [3.63, 3.8) is 0 Å². The maximum Gasteiger partial charge on any atom is 0.194 e. The quantitative estimate of drug-likeness (QED) is 0.323. The molecule has 0 spiro atoms. The van der Waals surface area contributed by atoms with Gasteiger partial charge in [-0.25, -0.2) is 0 Å². The second-order valence-corrected chi connectivity index (χ2v) is 8.62. The molecule has 7 nitrogen and oxygen atoms in total. The van der Waals surface area contributed by atoms with Gasteiger partial charge in [0.25, 0.3) is 0 Å². The van der Waals surface area contributed by atoms with E-state index in [0.29, 0.717) is 6.04 Å². The molecule has 3 heterocycles. The fourth-order valence-electron chi connectivity index (χ4n) is 4.54. The minimum absolute atomic E-state index is 0. The van der Waals surface area contributed by atoms with Crippen LogP contribution < -0.4 is 5.32 Å². The summed E-state index contributed by atoms with van der Waals surface area (Å²) in [6.07, 6.45) is 4.23. The van der Waals surface area contributed by atoms with Gasteiger partial charge >= 0.3 is 0 Å². The fraction of sp³-hybridized carbons (Fsp3) is 0.583. The van der Waals surface area contributed by atoms with Crippen molar-refractivity contribution in [2.24, 2.45) is 4.99 Å². The highest BCUT2D eigenvalue weighted by molar-refractivity contribution is 14.0. The first-order valence-electron chi connectivity index (χ1n) is 11.7. The third-order valence-corrected chi connectivity index (χ3v) is 6.34. The number of nitrogens with one attached hydrogen (secondary N) is 1. The second kappa shape index (κ2) is 12.6. The molecule has 1 atom stereocenters. The van der Waals surface area contributed by atoms with Crippen LogP contribution >= 0.6 is 24.0 Å². The molecular weight excluding hydrogens is 515 g/mol. The molecule has 0 bridgehead atoms. The van der Waals surface area contributed by atoms with E-state index in [1.54, 1.807) is 6.26 Å². The van der Waals surface area contributed by atoms with Gasteiger partial charge in [0.15, 0.2) is 5.96 Å². The van der Waals surface area contributed by atoms with Gasteiger partial charge in [0.2, 0.25) is 0 Å². The Morgan fingerprint density at radius 1 is 1.06 bits per heavy atom. The third kappa shape index (κ3) is 6.68. The third-order valence-electron chi connectivity index (χ3n) is 6.34. The van der Waals surface area contributed by atoms with E-state index in [1.165, 1.54) is 37.1 Å². The van der Waals surface area contributed by atoms with Gasteiger partial charge < -0.3 is 14.7 Å². The Kier molecular flexibility index (Phi) is 9.80. The fourth-order valence-corrected chi connectivity index (χ4v) is 4.54. The first kappa shape index (κ1) is 25.0. The van der Waals surface area contributed by atoms with E-state index in [0.717, 1.165) is 57.5 Å². The van der Waals surface area contributed by atoms with Crippen molar-refractivity contribution < 1.29 is 4.52 Å². The number of hydrogen-bond donors (Lipinski definition) is 1. The Hall–Kier alpha value is -1.65. The molecule has 1 aromatic carbocycles. The minimum atomic E-state index is 0. The zero-order valence-electron chi connectivity index (χ0n) is 19.4. The normalized spacial score (nSPS) is 19.1. The number of rotatable bonds is 7. The summed E-state index contributed by atoms with van der Waals surface area (Å²) in [5.74, 6) is 1.04. The number of aromatic nitrogens is 1. The molecule has 1 N–H and O–H groups in total. The molecule has 2 aliphatic heterocycles. The maximum atomic E-state index is 5.13. The van der Waals surface area contributed by atoms with E-state index in [4.69, 9.17) is 9.52 Å². The van der Waals surface area contributed by atoms with Crippen LogP contribution in [0.15, 0.2) is 46.1 Å².